The average molecular weight is 220 g/mol. The number of hydrogen-bond donors (Lipinski definition) is 1. The van der Waals surface area contributed by atoms with Crippen LogP contribution in [0, 0.1) is 11.3 Å². The van der Waals surface area contributed by atoms with E-state index in [1.807, 2.05) is 6.07 Å². The van der Waals surface area contributed by atoms with Crippen molar-refractivity contribution in [2.24, 2.45) is 0 Å². The zero-order valence-corrected chi connectivity index (χ0v) is 8.82. The first-order valence-electron chi connectivity index (χ1n) is 5.31. The van der Waals surface area contributed by atoms with Gasteiger partial charge in [-0.05, 0) is 31.2 Å². The Morgan fingerprint density at radius 3 is 3.12 bits per heavy atom. The van der Waals surface area contributed by atoms with Crippen LogP contribution in [0.15, 0.2) is 24.3 Å². The van der Waals surface area contributed by atoms with Crippen molar-refractivity contribution in [2.75, 3.05) is 13.1 Å². The van der Waals surface area contributed by atoms with Gasteiger partial charge in [-0.3, -0.25) is 0 Å². The summed E-state index contributed by atoms with van der Waals surface area (Å²) < 4.78 is 19.0. The highest BCUT2D eigenvalue weighted by Crippen LogP contribution is 2.19. The quantitative estimate of drug-likeness (QED) is 0.824. The van der Waals surface area contributed by atoms with Crippen LogP contribution in [0.4, 0.5) is 4.39 Å². The normalized spacial score (nSPS) is 24.8. The summed E-state index contributed by atoms with van der Waals surface area (Å²) in [5, 5.41) is 11.7. The van der Waals surface area contributed by atoms with Crippen molar-refractivity contribution in [2.45, 2.75) is 18.7 Å². The molecule has 0 aliphatic carbocycles. The molecular weight excluding hydrogens is 207 g/mol. The number of nitrogens with one attached hydrogen (secondary N) is 1. The summed E-state index contributed by atoms with van der Waals surface area (Å²) in [6.07, 6.45) is -0.743. The van der Waals surface area contributed by atoms with Crippen LogP contribution >= 0.6 is 0 Å². The van der Waals surface area contributed by atoms with Gasteiger partial charge in [-0.25, -0.2) is 4.39 Å². The fourth-order valence-electron chi connectivity index (χ4n) is 1.74. The van der Waals surface area contributed by atoms with E-state index in [1.54, 1.807) is 24.3 Å². The number of nitriles is 1. The van der Waals surface area contributed by atoms with E-state index >= 15 is 0 Å². The van der Waals surface area contributed by atoms with E-state index in [2.05, 4.69) is 5.32 Å². The molecule has 16 heavy (non-hydrogen) atoms. The Hall–Kier alpha value is -1.60. The number of hydrogen-bond acceptors (Lipinski definition) is 3. The summed E-state index contributed by atoms with van der Waals surface area (Å²) in [7, 11) is 0. The van der Waals surface area contributed by atoms with Crippen LogP contribution in [0.2, 0.25) is 0 Å². The van der Waals surface area contributed by atoms with Crippen LogP contribution in [-0.2, 0) is 0 Å². The molecule has 0 saturated carbocycles. The van der Waals surface area contributed by atoms with Crippen LogP contribution in [-0.4, -0.2) is 25.4 Å². The third kappa shape index (κ3) is 2.50. The molecule has 2 atom stereocenters. The Bertz CT molecular complexity index is 402. The highest BCUT2D eigenvalue weighted by atomic mass is 19.1. The van der Waals surface area contributed by atoms with E-state index in [9.17, 15) is 4.39 Å². The van der Waals surface area contributed by atoms with E-state index < -0.39 is 12.3 Å². The number of piperidine rings is 1. The molecule has 1 fully saturated rings. The number of halogens is 1. The minimum atomic E-state index is -0.987. The van der Waals surface area contributed by atoms with Gasteiger partial charge in [0, 0.05) is 6.54 Å². The second-order valence-corrected chi connectivity index (χ2v) is 3.80. The van der Waals surface area contributed by atoms with E-state index in [0.717, 1.165) is 6.54 Å². The Balaban J connectivity index is 2.05. The SMILES string of the molecule is N#Cc1cccc(O[C@H]2CCNC[C@@H]2F)c1. The second-order valence-electron chi connectivity index (χ2n) is 3.80. The minimum Gasteiger partial charge on any atom is -0.487 e. The molecule has 1 saturated heterocycles. The highest BCUT2D eigenvalue weighted by Gasteiger charge is 2.26. The van der Waals surface area contributed by atoms with E-state index in [4.69, 9.17) is 10.00 Å². The van der Waals surface area contributed by atoms with Gasteiger partial charge in [-0.2, -0.15) is 5.26 Å². The molecule has 1 aromatic carbocycles. The molecule has 1 N–H and O–H groups in total. The van der Waals surface area contributed by atoms with Crippen LogP contribution in [0.5, 0.6) is 5.75 Å². The number of rotatable bonds is 2. The molecule has 1 aliphatic heterocycles. The Labute approximate surface area is 93.8 Å². The lowest BCUT2D eigenvalue weighted by atomic mass is 10.1. The Morgan fingerprint density at radius 1 is 1.50 bits per heavy atom. The summed E-state index contributed by atoms with van der Waals surface area (Å²) in [6, 6.07) is 8.84. The molecule has 0 amide bonds. The van der Waals surface area contributed by atoms with Gasteiger partial charge < -0.3 is 10.1 Å². The van der Waals surface area contributed by atoms with Crippen molar-refractivity contribution >= 4 is 0 Å². The van der Waals surface area contributed by atoms with Gasteiger partial charge in [0.05, 0.1) is 11.6 Å². The summed E-state index contributed by atoms with van der Waals surface area (Å²) in [5.74, 6) is 0.564. The molecule has 1 heterocycles. The number of nitrogens with zero attached hydrogens (tertiary/aromatic N) is 1. The topological polar surface area (TPSA) is 45.0 Å². The van der Waals surface area contributed by atoms with Crippen LogP contribution in [0.3, 0.4) is 0 Å². The highest BCUT2D eigenvalue weighted by molar-refractivity contribution is 5.36. The fraction of sp³-hybridized carbons (Fsp3) is 0.417. The first-order valence-corrected chi connectivity index (χ1v) is 5.31. The Kier molecular flexibility index (Phi) is 3.37. The van der Waals surface area contributed by atoms with Crippen LogP contribution < -0.4 is 10.1 Å². The van der Waals surface area contributed by atoms with E-state index in [-0.39, 0.29) is 0 Å². The number of ether oxygens (including phenoxy) is 1. The van der Waals surface area contributed by atoms with Gasteiger partial charge in [-0.15, -0.1) is 0 Å². The first-order chi connectivity index (χ1) is 7.79. The van der Waals surface area contributed by atoms with Crippen molar-refractivity contribution in [3.8, 4) is 11.8 Å². The predicted molar refractivity (Wildman–Crippen MR) is 58.0 cm³/mol. The molecule has 1 aliphatic rings. The molecule has 2 rings (SSSR count). The van der Waals surface area contributed by atoms with Gasteiger partial charge >= 0.3 is 0 Å². The maximum Gasteiger partial charge on any atom is 0.149 e. The molecule has 1 aromatic rings. The first kappa shape index (κ1) is 10.9. The van der Waals surface area contributed by atoms with Crippen molar-refractivity contribution < 1.29 is 9.13 Å². The predicted octanol–water partition coefficient (Wildman–Crippen LogP) is 1.64. The van der Waals surface area contributed by atoms with Crippen molar-refractivity contribution in [3.05, 3.63) is 29.8 Å². The maximum atomic E-state index is 13.5. The van der Waals surface area contributed by atoms with Crippen molar-refractivity contribution in [3.63, 3.8) is 0 Å². The summed E-state index contributed by atoms with van der Waals surface area (Å²) in [4.78, 5) is 0. The third-order valence-corrected chi connectivity index (χ3v) is 2.60. The zero-order valence-electron chi connectivity index (χ0n) is 8.82. The fourth-order valence-corrected chi connectivity index (χ4v) is 1.74. The molecular formula is C12H13FN2O. The lowest BCUT2D eigenvalue weighted by Gasteiger charge is -2.27. The van der Waals surface area contributed by atoms with Crippen molar-refractivity contribution in [1.29, 1.82) is 5.26 Å². The lowest BCUT2D eigenvalue weighted by Crippen LogP contribution is -2.44. The molecule has 4 heteroatoms. The smallest absolute Gasteiger partial charge is 0.149 e. The standard InChI is InChI=1S/C12H13FN2O/c13-11-8-15-5-4-12(11)16-10-3-1-2-9(6-10)7-14/h1-3,6,11-12,15H,4-5,8H2/t11-,12-/m0/s1. The zero-order chi connectivity index (χ0) is 11.4. The summed E-state index contributed by atoms with van der Waals surface area (Å²) >= 11 is 0. The third-order valence-electron chi connectivity index (χ3n) is 2.60. The van der Waals surface area contributed by atoms with E-state index in [1.165, 1.54) is 0 Å². The van der Waals surface area contributed by atoms with Crippen LogP contribution in [0.25, 0.3) is 0 Å². The van der Waals surface area contributed by atoms with Gasteiger partial charge in [0.1, 0.15) is 18.0 Å². The van der Waals surface area contributed by atoms with E-state index in [0.29, 0.717) is 24.3 Å². The molecule has 84 valence electrons. The van der Waals surface area contributed by atoms with Crippen molar-refractivity contribution in [1.82, 2.24) is 5.32 Å². The van der Waals surface area contributed by atoms with Gasteiger partial charge in [-0.1, -0.05) is 6.07 Å². The number of alkyl halides is 1. The summed E-state index contributed by atoms with van der Waals surface area (Å²) in [6.45, 7) is 1.10. The molecule has 0 aromatic heterocycles. The van der Waals surface area contributed by atoms with Gasteiger partial charge in [0.2, 0.25) is 0 Å². The average Bonchev–Trinajstić information content (AvgIpc) is 2.32. The van der Waals surface area contributed by atoms with Crippen LogP contribution in [0.1, 0.15) is 12.0 Å². The molecule has 0 bridgehead atoms. The van der Waals surface area contributed by atoms with Gasteiger partial charge in [0.25, 0.3) is 0 Å². The molecule has 0 radical (unpaired) electrons. The largest absolute Gasteiger partial charge is 0.487 e. The Morgan fingerprint density at radius 2 is 2.38 bits per heavy atom. The number of benzene rings is 1. The molecule has 3 nitrogen and oxygen atoms in total. The minimum absolute atomic E-state index is 0.336. The second kappa shape index (κ2) is 4.95. The molecule has 0 unspecified atom stereocenters. The lowest BCUT2D eigenvalue weighted by molar-refractivity contribution is 0.0731. The maximum absolute atomic E-state index is 13.5. The monoisotopic (exact) mass is 220 g/mol. The molecule has 0 spiro atoms. The summed E-state index contributed by atoms with van der Waals surface area (Å²) in [5.41, 5.74) is 0.529. The van der Waals surface area contributed by atoms with Gasteiger partial charge in [0.15, 0.2) is 0 Å².